The lowest BCUT2D eigenvalue weighted by Gasteiger charge is -2.35. The standard InChI is InChI=1S/C22H30N2O3/c1-3-4-15-18(25)19(23)22(27)24(2)20(16-11-7-5-8-12-16)21(26)17-13-9-6-10-14-17/h5-14,18-21,25-26H,3-4,15,23H2,1-2H3/t18-,19+,20-,21-/m1/s1. The average molecular weight is 370 g/mol. The normalized spacial score (nSPS) is 15.6. The van der Waals surface area contributed by atoms with Gasteiger partial charge < -0.3 is 20.8 Å². The number of amides is 1. The highest BCUT2D eigenvalue weighted by Crippen LogP contribution is 2.33. The molecular weight excluding hydrogens is 340 g/mol. The number of aliphatic hydroxyl groups excluding tert-OH is 2. The van der Waals surface area contributed by atoms with Crippen molar-refractivity contribution in [1.29, 1.82) is 0 Å². The van der Waals surface area contributed by atoms with Crippen LogP contribution in [0.25, 0.3) is 0 Å². The van der Waals surface area contributed by atoms with E-state index in [2.05, 4.69) is 0 Å². The summed E-state index contributed by atoms with van der Waals surface area (Å²) in [6.45, 7) is 2.02. The average Bonchev–Trinajstić information content (AvgIpc) is 2.72. The maximum Gasteiger partial charge on any atom is 0.242 e. The van der Waals surface area contributed by atoms with Crippen LogP contribution in [0, 0.1) is 0 Å². The van der Waals surface area contributed by atoms with Crippen molar-refractivity contribution in [3.8, 4) is 0 Å². The third-order valence-corrected chi connectivity index (χ3v) is 4.90. The molecule has 5 nitrogen and oxygen atoms in total. The van der Waals surface area contributed by atoms with Crippen molar-refractivity contribution in [2.45, 2.75) is 50.5 Å². The highest BCUT2D eigenvalue weighted by atomic mass is 16.3. The molecule has 0 bridgehead atoms. The van der Waals surface area contributed by atoms with Crippen molar-refractivity contribution >= 4 is 5.91 Å². The van der Waals surface area contributed by atoms with E-state index in [-0.39, 0.29) is 5.91 Å². The Bertz CT molecular complexity index is 693. The van der Waals surface area contributed by atoms with Crippen LogP contribution in [0.5, 0.6) is 0 Å². The minimum Gasteiger partial charge on any atom is -0.391 e. The molecule has 4 N–H and O–H groups in total. The van der Waals surface area contributed by atoms with Crippen molar-refractivity contribution in [2.75, 3.05) is 7.05 Å². The monoisotopic (exact) mass is 370 g/mol. The van der Waals surface area contributed by atoms with Crippen LogP contribution in [0.3, 0.4) is 0 Å². The molecule has 0 spiro atoms. The van der Waals surface area contributed by atoms with Gasteiger partial charge in [-0.2, -0.15) is 0 Å². The minimum absolute atomic E-state index is 0.387. The summed E-state index contributed by atoms with van der Waals surface area (Å²) in [5.74, 6) is -0.387. The molecule has 0 unspecified atom stereocenters. The Morgan fingerprint density at radius 2 is 1.52 bits per heavy atom. The second kappa shape index (κ2) is 10.2. The van der Waals surface area contributed by atoms with E-state index in [1.807, 2.05) is 67.6 Å². The Hall–Kier alpha value is -2.21. The van der Waals surface area contributed by atoms with Gasteiger partial charge in [-0.25, -0.2) is 0 Å². The number of nitrogens with two attached hydrogens (primary N) is 1. The lowest BCUT2D eigenvalue weighted by Crippen LogP contribution is -2.50. The van der Waals surface area contributed by atoms with E-state index in [1.54, 1.807) is 7.05 Å². The van der Waals surface area contributed by atoms with Crippen LogP contribution in [-0.4, -0.2) is 40.2 Å². The number of aliphatic hydroxyl groups is 2. The number of likely N-dealkylation sites (N-methyl/N-ethyl adjacent to an activating group) is 1. The third-order valence-electron chi connectivity index (χ3n) is 4.90. The SMILES string of the molecule is CCCC[C@@H](O)[C@H](N)C(=O)N(C)[C@H](c1ccccc1)[C@H](O)c1ccccc1. The lowest BCUT2D eigenvalue weighted by molar-refractivity contribution is -0.138. The van der Waals surface area contributed by atoms with Gasteiger partial charge in [0.05, 0.1) is 12.1 Å². The van der Waals surface area contributed by atoms with Gasteiger partial charge in [-0.1, -0.05) is 80.4 Å². The van der Waals surface area contributed by atoms with Crippen LogP contribution in [-0.2, 0) is 4.79 Å². The molecule has 0 heterocycles. The largest absolute Gasteiger partial charge is 0.391 e. The van der Waals surface area contributed by atoms with Crippen LogP contribution in [0.1, 0.15) is 49.5 Å². The zero-order chi connectivity index (χ0) is 19.8. The molecule has 0 saturated heterocycles. The maximum atomic E-state index is 12.9. The van der Waals surface area contributed by atoms with Gasteiger partial charge in [0, 0.05) is 7.05 Å². The van der Waals surface area contributed by atoms with Crippen molar-refractivity contribution < 1.29 is 15.0 Å². The van der Waals surface area contributed by atoms with Gasteiger partial charge in [0.15, 0.2) is 0 Å². The fraction of sp³-hybridized carbons (Fsp3) is 0.409. The van der Waals surface area contributed by atoms with Gasteiger partial charge >= 0.3 is 0 Å². The van der Waals surface area contributed by atoms with Crippen LogP contribution >= 0.6 is 0 Å². The Kier molecular flexibility index (Phi) is 7.98. The van der Waals surface area contributed by atoms with Crippen molar-refractivity contribution in [1.82, 2.24) is 4.90 Å². The smallest absolute Gasteiger partial charge is 0.242 e. The zero-order valence-electron chi connectivity index (χ0n) is 16.0. The fourth-order valence-electron chi connectivity index (χ4n) is 3.23. The minimum atomic E-state index is -1.02. The predicted octanol–water partition coefficient (Wildman–Crippen LogP) is 2.80. The predicted molar refractivity (Wildman–Crippen MR) is 107 cm³/mol. The van der Waals surface area contributed by atoms with E-state index in [1.165, 1.54) is 4.90 Å². The van der Waals surface area contributed by atoms with E-state index in [0.717, 1.165) is 18.4 Å². The molecule has 0 aromatic heterocycles. The number of benzene rings is 2. The maximum absolute atomic E-state index is 12.9. The second-order valence-electron chi connectivity index (χ2n) is 6.90. The van der Waals surface area contributed by atoms with Gasteiger partial charge in [-0.05, 0) is 17.5 Å². The van der Waals surface area contributed by atoms with Crippen LogP contribution < -0.4 is 5.73 Å². The van der Waals surface area contributed by atoms with E-state index in [0.29, 0.717) is 12.0 Å². The number of carbonyl (C=O) groups excluding carboxylic acids is 1. The summed E-state index contributed by atoms with van der Waals surface area (Å²) in [6, 6.07) is 17.0. The molecule has 146 valence electrons. The first-order valence-corrected chi connectivity index (χ1v) is 9.45. The Labute approximate surface area is 161 Å². The number of carbonyl (C=O) groups is 1. The molecular formula is C22H30N2O3. The van der Waals surface area contributed by atoms with E-state index in [9.17, 15) is 15.0 Å². The van der Waals surface area contributed by atoms with Crippen molar-refractivity contribution in [3.63, 3.8) is 0 Å². The zero-order valence-corrected chi connectivity index (χ0v) is 16.0. The second-order valence-corrected chi connectivity index (χ2v) is 6.90. The Morgan fingerprint density at radius 1 is 1.00 bits per heavy atom. The summed E-state index contributed by atoms with van der Waals surface area (Å²) in [5, 5.41) is 21.3. The van der Waals surface area contributed by atoms with Gasteiger partial charge in [-0.15, -0.1) is 0 Å². The fourth-order valence-corrected chi connectivity index (χ4v) is 3.23. The molecule has 4 atom stereocenters. The summed E-state index contributed by atoms with van der Waals surface area (Å²) in [4.78, 5) is 14.4. The molecule has 0 aliphatic carbocycles. The van der Waals surface area contributed by atoms with Crippen LogP contribution in [0.15, 0.2) is 60.7 Å². The van der Waals surface area contributed by atoms with Gasteiger partial charge in [0.1, 0.15) is 12.1 Å². The summed E-state index contributed by atoms with van der Waals surface area (Å²) in [6.07, 6.45) is 0.398. The van der Waals surface area contributed by atoms with Crippen LogP contribution in [0.4, 0.5) is 0 Å². The first kappa shape index (κ1) is 21.1. The lowest BCUT2D eigenvalue weighted by atomic mass is 9.93. The van der Waals surface area contributed by atoms with Crippen LogP contribution in [0.2, 0.25) is 0 Å². The number of unbranched alkanes of at least 4 members (excludes halogenated alkanes) is 1. The molecule has 2 aromatic rings. The topological polar surface area (TPSA) is 86.8 Å². The van der Waals surface area contributed by atoms with Gasteiger partial charge in [-0.3, -0.25) is 4.79 Å². The quantitative estimate of drug-likeness (QED) is 0.633. The molecule has 0 fully saturated rings. The molecule has 1 amide bonds. The molecule has 27 heavy (non-hydrogen) atoms. The first-order valence-electron chi connectivity index (χ1n) is 9.45. The number of hydrogen-bond acceptors (Lipinski definition) is 4. The molecule has 0 aliphatic heterocycles. The highest BCUT2D eigenvalue weighted by molar-refractivity contribution is 5.82. The summed E-state index contributed by atoms with van der Waals surface area (Å²) >= 11 is 0. The Balaban J connectivity index is 2.28. The van der Waals surface area contributed by atoms with Crippen molar-refractivity contribution in [2.24, 2.45) is 5.73 Å². The number of nitrogens with zero attached hydrogens (tertiary/aromatic N) is 1. The molecule has 0 aliphatic rings. The van der Waals surface area contributed by atoms with Gasteiger partial charge in [0.25, 0.3) is 0 Å². The number of rotatable bonds is 9. The van der Waals surface area contributed by atoms with E-state index < -0.39 is 24.3 Å². The molecule has 0 radical (unpaired) electrons. The third kappa shape index (κ3) is 5.39. The summed E-state index contributed by atoms with van der Waals surface area (Å²) < 4.78 is 0. The molecule has 0 saturated carbocycles. The Morgan fingerprint density at radius 3 is 2.04 bits per heavy atom. The van der Waals surface area contributed by atoms with E-state index in [4.69, 9.17) is 5.73 Å². The summed E-state index contributed by atoms with van der Waals surface area (Å²) in [7, 11) is 1.62. The molecule has 2 rings (SSSR count). The number of hydrogen-bond donors (Lipinski definition) is 3. The molecule has 2 aromatic carbocycles. The highest BCUT2D eigenvalue weighted by Gasteiger charge is 2.34. The van der Waals surface area contributed by atoms with E-state index >= 15 is 0 Å². The first-order chi connectivity index (χ1) is 13.0. The van der Waals surface area contributed by atoms with Gasteiger partial charge in [0.2, 0.25) is 5.91 Å². The molecule has 5 heteroatoms. The van der Waals surface area contributed by atoms with Crippen molar-refractivity contribution in [3.05, 3.63) is 71.8 Å². The summed E-state index contributed by atoms with van der Waals surface area (Å²) in [5.41, 5.74) is 7.55.